The molecule has 0 amide bonds. The van der Waals surface area contributed by atoms with Crippen LogP contribution in [0.2, 0.25) is 0 Å². The van der Waals surface area contributed by atoms with Gasteiger partial charge in [-0.2, -0.15) is 0 Å². The van der Waals surface area contributed by atoms with Crippen molar-refractivity contribution < 1.29 is 8.78 Å². The summed E-state index contributed by atoms with van der Waals surface area (Å²) >= 11 is 0. The van der Waals surface area contributed by atoms with Crippen LogP contribution >= 0.6 is 0 Å². The third kappa shape index (κ3) is 1.15. The average molecular weight is 149 g/mol. The van der Waals surface area contributed by atoms with Crippen LogP contribution in [0, 0.1) is 5.92 Å². The standard InChI is InChI=1S/C7H13F2N/c1-7(10,6(8)9)5-3-2-4-5/h5-6H,2-4,10H2,1H3. The highest BCUT2D eigenvalue weighted by Gasteiger charge is 2.41. The SMILES string of the molecule is CC(N)(C(F)F)C1CCC1. The van der Waals surface area contributed by atoms with Crippen molar-refractivity contribution in [1.82, 2.24) is 0 Å². The van der Waals surface area contributed by atoms with Crippen molar-refractivity contribution in [1.29, 1.82) is 0 Å². The molecule has 1 aliphatic carbocycles. The number of halogens is 2. The molecule has 10 heavy (non-hydrogen) atoms. The second-order valence-electron chi connectivity index (χ2n) is 3.29. The van der Waals surface area contributed by atoms with Gasteiger partial charge in [0, 0.05) is 0 Å². The van der Waals surface area contributed by atoms with Crippen LogP contribution in [-0.2, 0) is 0 Å². The molecule has 0 aromatic carbocycles. The van der Waals surface area contributed by atoms with Gasteiger partial charge in [-0.3, -0.25) is 0 Å². The van der Waals surface area contributed by atoms with Gasteiger partial charge in [0.1, 0.15) is 0 Å². The Morgan fingerprint density at radius 2 is 2.00 bits per heavy atom. The van der Waals surface area contributed by atoms with Crippen molar-refractivity contribution in [2.45, 2.75) is 38.2 Å². The number of hydrogen-bond acceptors (Lipinski definition) is 1. The fourth-order valence-corrected chi connectivity index (χ4v) is 1.21. The van der Waals surface area contributed by atoms with Crippen molar-refractivity contribution in [2.75, 3.05) is 0 Å². The normalized spacial score (nSPS) is 26.1. The predicted molar refractivity (Wildman–Crippen MR) is 35.9 cm³/mol. The first-order valence-corrected chi connectivity index (χ1v) is 3.62. The number of rotatable bonds is 2. The highest BCUT2D eigenvalue weighted by Crippen LogP contribution is 2.37. The number of nitrogens with two attached hydrogens (primary N) is 1. The van der Waals surface area contributed by atoms with Crippen molar-refractivity contribution in [3.05, 3.63) is 0 Å². The zero-order chi connectivity index (χ0) is 7.78. The fraction of sp³-hybridized carbons (Fsp3) is 1.00. The molecule has 1 unspecified atom stereocenters. The lowest BCUT2D eigenvalue weighted by Gasteiger charge is -2.39. The first kappa shape index (κ1) is 7.92. The zero-order valence-corrected chi connectivity index (χ0v) is 6.11. The summed E-state index contributed by atoms with van der Waals surface area (Å²) in [6.07, 6.45) is 0.427. The van der Waals surface area contributed by atoms with Crippen LogP contribution in [0.4, 0.5) is 8.78 Å². The molecule has 1 aliphatic rings. The Bertz CT molecular complexity index is 119. The summed E-state index contributed by atoms with van der Waals surface area (Å²) in [5.41, 5.74) is 4.18. The molecule has 1 saturated carbocycles. The summed E-state index contributed by atoms with van der Waals surface area (Å²) in [7, 11) is 0. The Morgan fingerprint density at radius 1 is 1.50 bits per heavy atom. The van der Waals surface area contributed by atoms with Gasteiger partial charge >= 0.3 is 0 Å². The van der Waals surface area contributed by atoms with E-state index in [1.165, 1.54) is 6.92 Å². The Morgan fingerprint density at radius 3 is 2.10 bits per heavy atom. The largest absolute Gasteiger partial charge is 0.320 e. The quantitative estimate of drug-likeness (QED) is 0.636. The third-order valence-electron chi connectivity index (χ3n) is 2.46. The van der Waals surface area contributed by atoms with Crippen LogP contribution in [0.15, 0.2) is 0 Å². The van der Waals surface area contributed by atoms with Crippen LogP contribution in [-0.4, -0.2) is 12.0 Å². The van der Waals surface area contributed by atoms with Gasteiger partial charge in [-0.1, -0.05) is 6.42 Å². The molecular formula is C7H13F2N. The molecule has 0 aliphatic heterocycles. The van der Waals surface area contributed by atoms with E-state index in [0.717, 1.165) is 19.3 Å². The molecule has 1 atom stereocenters. The highest BCUT2D eigenvalue weighted by molar-refractivity contribution is 4.93. The molecule has 0 heterocycles. The van der Waals surface area contributed by atoms with E-state index in [0.29, 0.717) is 0 Å². The molecule has 0 bridgehead atoms. The van der Waals surface area contributed by atoms with Crippen molar-refractivity contribution in [2.24, 2.45) is 11.7 Å². The van der Waals surface area contributed by atoms with Crippen LogP contribution < -0.4 is 5.73 Å². The fourth-order valence-electron chi connectivity index (χ4n) is 1.21. The lowest BCUT2D eigenvalue weighted by Crippen LogP contribution is -2.52. The van der Waals surface area contributed by atoms with Gasteiger partial charge in [0.05, 0.1) is 5.54 Å². The van der Waals surface area contributed by atoms with Gasteiger partial charge in [0.2, 0.25) is 0 Å². The molecule has 3 heteroatoms. The van der Waals surface area contributed by atoms with Crippen molar-refractivity contribution >= 4 is 0 Å². The molecule has 60 valence electrons. The summed E-state index contributed by atoms with van der Waals surface area (Å²) < 4.78 is 24.3. The molecule has 0 spiro atoms. The van der Waals surface area contributed by atoms with Crippen LogP contribution in [0.1, 0.15) is 26.2 Å². The van der Waals surface area contributed by atoms with E-state index >= 15 is 0 Å². The van der Waals surface area contributed by atoms with E-state index < -0.39 is 12.0 Å². The number of alkyl halides is 2. The second kappa shape index (κ2) is 2.46. The van der Waals surface area contributed by atoms with Gasteiger partial charge in [0.15, 0.2) is 0 Å². The Balaban J connectivity index is 2.48. The maximum Gasteiger partial charge on any atom is 0.256 e. The first-order chi connectivity index (χ1) is 4.55. The summed E-state index contributed by atoms with van der Waals surface area (Å²) in [5, 5.41) is 0. The summed E-state index contributed by atoms with van der Waals surface area (Å²) in [6.45, 7) is 1.45. The van der Waals surface area contributed by atoms with E-state index in [1.54, 1.807) is 0 Å². The average Bonchev–Trinajstić information content (AvgIpc) is 1.57. The van der Waals surface area contributed by atoms with Gasteiger partial charge in [-0.05, 0) is 25.7 Å². The molecule has 1 fully saturated rings. The maximum atomic E-state index is 12.2. The Kier molecular flexibility index (Phi) is 1.95. The summed E-state index contributed by atoms with van der Waals surface area (Å²) in [4.78, 5) is 0. The monoisotopic (exact) mass is 149 g/mol. The molecule has 0 saturated heterocycles. The molecule has 0 radical (unpaired) electrons. The highest BCUT2D eigenvalue weighted by atomic mass is 19.3. The minimum atomic E-state index is -2.38. The van der Waals surface area contributed by atoms with E-state index in [4.69, 9.17) is 5.73 Å². The summed E-state index contributed by atoms with van der Waals surface area (Å²) in [6, 6.07) is 0. The van der Waals surface area contributed by atoms with Gasteiger partial charge in [0.25, 0.3) is 6.43 Å². The van der Waals surface area contributed by atoms with Crippen LogP contribution in [0.5, 0.6) is 0 Å². The minimum absolute atomic E-state index is 0.0486. The molecule has 1 rings (SSSR count). The maximum absolute atomic E-state index is 12.2. The minimum Gasteiger partial charge on any atom is -0.320 e. The first-order valence-electron chi connectivity index (χ1n) is 3.62. The van der Waals surface area contributed by atoms with Crippen LogP contribution in [0.3, 0.4) is 0 Å². The van der Waals surface area contributed by atoms with E-state index in [-0.39, 0.29) is 5.92 Å². The van der Waals surface area contributed by atoms with Gasteiger partial charge < -0.3 is 5.73 Å². The van der Waals surface area contributed by atoms with Crippen molar-refractivity contribution in [3.8, 4) is 0 Å². The topological polar surface area (TPSA) is 26.0 Å². The van der Waals surface area contributed by atoms with Gasteiger partial charge in [-0.15, -0.1) is 0 Å². The van der Waals surface area contributed by atoms with Crippen LogP contribution in [0.25, 0.3) is 0 Å². The van der Waals surface area contributed by atoms with E-state index in [2.05, 4.69) is 0 Å². The second-order valence-corrected chi connectivity index (χ2v) is 3.29. The number of hydrogen-bond donors (Lipinski definition) is 1. The van der Waals surface area contributed by atoms with Gasteiger partial charge in [-0.25, -0.2) is 8.78 Å². The molecule has 0 aromatic heterocycles. The lowest BCUT2D eigenvalue weighted by atomic mass is 9.72. The van der Waals surface area contributed by atoms with E-state index in [1.807, 2.05) is 0 Å². The van der Waals surface area contributed by atoms with E-state index in [9.17, 15) is 8.78 Å². The van der Waals surface area contributed by atoms with Crippen molar-refractivity contribution in [3.63, 3.8) is 0 Å². The lowest BCUT2D eigenvalue weighted by molar-refractivity contribution is 0.00391. The molecule has 0 aromatic rings. The molecule has 2 N–H and O–H groups in total. The smallest absolute Gasteiger partial charge is 0.256 e. The summed E-state index contributed by atoms with van der Waals surface area (Å²) in [5.74, 6) is 0.0486. The Labute approximate surface area is 59.6 Å². The zero-order valence-electron chi connectivity index (χ0n) is 6.11. The molecular weight excluding hydrogens is 136 g/mol. The molecule has 1 nitrogen and oxygen atoms in total. The Hall–Kier alpha value is -0.180. The predicted octanol–water partition coefficient (Wildman–Crippen LogP) is 1.77. The third-order valence-corrected chi connectivity index (χ3v) is 2.46.